The SMILES string of the molecule is Cc1cnn(-c2ccc(OCc3c(C)cccc3-n3nnn(C)c3=O)c(C)c2)n1. The number of tetrazole rings is 1. The Morgan fingerprint density at radius 2 is 1.86 bits per heavy atom. The molecule has 4 aromatic rings. The molecule has 2 aromatic heterocycles. The van der Waals surface area contributed by atoms with Gasteiger partial charge in [-0.25, -0.2) is 4.79 Å². The quantitative estimate of drug-likeness (QED) is 0.517. The van der Waals surface area contributed by atoms with Crippen LogP contribution in [-0.4, -0.2) is 34.8 Å². The standard InChI is InChI=1S/C20H21N7O2/c1-13-6-5-7-18(26-20(28)25(4)23-24-26)17(13)12-29-19-9-8-16(10-14(19)2)27-21-11-15(3)22-27/h5-11H,12H2,1-4H3. The number of benzene rings is 2. The zero-order valence-electron chi connectivity index (χ0n) is 16.7. The minimum atomic E-state index is -0.306. The second-order valence-corrected chi connectivity index (χ2v) is 6.88. The number of aromatic nitrogens is 7. The van der Waals surface area contributed by atoms with E-state index in [4.69, 9.17) is 4.74 Å². The minimum Gasteiger partial charge on any atom is -0.489 e. The predicted molar refractivity (Wildman–Crippen MR) is 107 cm³/mol. The first-order valence-corrected chi connectivity index (χ1v) is 9.14. The lowest BCUT2D eigenvalue weighted by atomic mass is 10.1. The summed E-state index contributed by atoms with van der Waals surface area (Å²) < 4.78 is 8.57. The molecule has 0 saturated heterocycles. The molecule has 0 N–H and O–H groups in total. The van der Waals surface area contributed by atoms with Gasteiger partial charge in [-0.15, -0.1) is 0 Å². The number of hydrogen-bond donors (Lipinski definition) is 0. The Bertz CT molecular complexity index is 1240. The molecule has 0 atom stereocenters. The van der Waals surface area contributed by atoms with E-state index in [1.54, 1.807) is 18.0 Å². The summed E-state index contributed by atoms with van der Waals surface area (Å²) in [4.78, 5) is 13.9. The predicted octanol–water partition coefficient (Wildman–Crippen LogP) is 2.05. The summed E-state index contributed by atoms with van der Waals surface area (Å²) >= 11 is 0. The summed E-state index contributed by atoms with van der Waals surface area (Å²) in [5.74, 6) is 0.748. The van der Waals surface area contributed by atoms with Crippen molar-refractivity contribution in [3.8, 4) is 17.1 Å². The molecule has 0 radical (unpaired) electrons. The van der Waals surface area contributed by atoms with Gasteiger partial charge in [-0.05, 0) is 66.6 Å². The summed E-state index contributed by atoms with van der Waals surface area (Å²) in [6.07, 6.45) is 1.72. The molecule has 0 bridgehead atoms. The molecular weight excluding hydrogens is 370 g/mol. The Kier molecular flexibility index (Phi) is 4.71. The van der Waals surface area contributed by atoms with Crippen molar-refractivity contribution in [1.29, 1.82) is 0 Å². The van der Waals surface area contributed by atoms with Gasteiger partial charge >= 0.3 is 5.69 Å². The van der Waals surface area contributed by atoms with Crippen LogP contribution in [0.4, 0.5) is 0 Å². The third-order valence-electron chi connectivity index (χ3n) is 4.70. The maximum atomic E-state index is 12.3. The number of hydrogen-bond acceptors (Lipinski definition) is 6. The van der Waals surface area contributed by atoms with Crippen molar-refractivity contribution in [2.24, 2.45) is 7.05 Å². The lowest BCUT2D eigenvalue weighted by Gasteiger charge is -2.14. The van der Waals surface area contributed by atoms with Crippen LogP contribution in [0.5, 0.6) is 5.75 Å². The van der Waals surface area contributed by atoms with E-state index in [-0.39, 0.29) is 5.69 Å². The highest BCUT2D eigenvalue weighted by Gasteiger charge is 2.14. The highest BCUT2D eigenvalue weighted by molar-refractivity contribution is 5.46. The molecule has 9 heteroatoms. The average Bonchev–Trinajstić information content (AvgIpc) is 3.27. The normalized spacial score (nSPS) is 11.0. The van der Waals surface area contributed by atoms with E-state index >= 15 is 0 Å². The monoisotopic (exact) mass is 391 g/mol. The van der Waals surface area contributed by atoms with Gasteiger partial charge < -0.3 is 4.74 Å². The second-order valence-electron chi connectivity index (χ2n) is 6.88. The number of aryl methyl sites for hydroxylation is 4. The first kappa shape index (κ1) is 18.6. The van der Waals surface area contributed by atoms with Gasteiger partial charge in [0.2, 0.25) is 0 Å². The van der Waals surface area contributed by atoms with Gasteiger partial charge in [-0.3, -0.25) is 0 Å². The third-order valence-corrected chi connectivity index (χ3v) is 4.70. The topological polar surface area (TPSA) is 92.7 Å². The van der Waals surface area contributed by atoms with Crippen molar-refractivity contribution in [3.63, 3.8) is 0 Å². The van der Waals surface area contributed by atoms with Gasteiger partial charge in [0.15, 0.2) is 0 Å². The lowest BCUT2D eigenvalue weighted by molar-refractivity contribution is 0.302. The molecular formula is C20H21N7O2. The van der Waals surface area contributed by atoms with Crippen molar-refractivity contribution in [2.75, 3.05) is 0 Å². The van der Waals surface area contributed by atoms with Crippen LogP contribution in [0.2, 0.25) is 0 Å². The zero-order chi connectivity index (χ0) is 20.5. The van der Waals surface area contributed by atoms with Crippen LogP contribution in [0.1, 0.15) is 22.4 Å². The van der Waals surface area contributed by atoms with Crippen molar-refractivity contribution < 1.29 is 4.74 Å². The van der Waals surface area contributed by atoms with E-state index in [2.05, 4.69) is 20.6 Å². The molecule has 0 fully saturated rings. The zero-order valence-corrected chi connectivity index (χ0v) is 16.7. The fraction of sp³-hybridized carbons (Fsp3) is 0.250. The molecule has 0 aliphatic rings. The molecule has 4 rings (SSSR count). The fourth-order valence-corrected chi connectivity index (χ4v) is 3.07. The van der Waals surface area contributed by atoms with Crippen LogP contribution >= 0.6 is 0 Å². The molecule has 2 aromatic carbocycles. The summed E-state index contributed by atoms with van der Waals surface area (Å²) in [6, 6.07) is 11.5. The second kappa shape index (κ2) is 7.34. The molecule has 2 heterocycles. The van der Waals surface area contributed by atoms with Crippen molar-refractivity contribution in [3.05, 3.63) is 75.5 Å². The molecule has 0 aliphatic carbocycles. The summed E-state index contributed by atoms with van der Waals surface area (Å²) in [7, 11) is 1.57. The molecule has 0 unspecified atom stereocenters. The maximum absolute atomic E-state index is 12.3. The van der Waals surface area contributed by atoms with Crippen molar-refractivity contribution >= 4 is 0 Å². The summed E-state index contributed by atoms with van der Waals surface area (Å²) in [5.41, 5.74) is 4.92. The average molecular weight is 391 g/mol. The smallest absolute Gasteiger partial charge is 0.368 e. The Hall–Kier alpha value is -3.75. The van der Waals surface area contributed by atoms with Gasteiger partial charge in [-0.1, -0.05) is 12.1 Å². The van der Waals surface area contributed by atoms with Gasteiger partial charge in [0, 0.05) is 12.6 Å². The van der Waals surface area contributed by atoms with Crippen LogP contribution in [0.15, 0.2) is 47.4 Å². The number of nitrogens with zero attached hydrogens (tertiary/aromatic N) is 7. The Labute approximate surface area is 167 Å². The fourth-order valence-electron chi connectivity index (χ4n) is 3.07. The summed E-state index contributed by atoms with van der Waals surface area (Å²) in [5, 5.41) is 16.3. The molecule has 0 amide bonds. The van der Waals surface area contributed by atoms with E-state index in [0.717, 1.165) is 33.8 Å². The highest BCUT2D eigenvalue weighted by Crippen LogP contribution is 2.24. The summed E-state index contributed by atoms with van der Waals surface area (Å²) in [6.45, 7) is 6.15. The van der Waals surface area contributed by atoms with Gasteiger partial charge in [0.1, 0.15) is 12.4 Å². The molecule has 9 nitrogen and oxygen atoms in total. The van der Waals surface area contributed by atoms with Crippen LogP contribution in [0.25, 0.3) is 11.4 Å². The molecule has 29 heavy (non-hydrogen) atoms. The van der Waals surface area contributed by atoms with Crippen molar-refractivity contribution in [1.82, 2.24) is 34.8 Å². The van der Waals surface area contributed by atoms with Gasteiger partial charge in [0.25, 0.3) is 0 Å². The van der Waals surface area contributed by atoms with E-state index in [1.807, 2.05) is 57.2 Å². The number of ether oxygens (including phenoxy) is 1. The molecule has 0 aliphatic heterocycles. The first-order chi connectivity index (χ1) is 13.9. The van der Waals surface area contributed by atoms with Crippen LogP contribution in [-0.2, 0) is 13.7 Å². The molecule has 0 spiro atoms. The Morgan fingerprint density at radius 3 is 2.52 bits per heavy atom. The van der Waals surface area contributed by atoms with E-state index in [1.165, 1.54) is 9.36 Å². The Morgan fingerprint density at radius 1 is 1.03 bits per heavy atom. The van der Waals surface area contributed by atoms with Crippen molar-refractivity contribution in [2.45, 2.75) is 27.4 Å². The number of rotatable bonds is 5. The van der Waals surface area contributed by atoms with Crippen LogP contribution < -0.4 is 10.4 Å². The Balaban J connectivity index is 1.61. The van der Waals surface area contributed by atoms with Gasteiger partial charge in [0.05, 0.1) is 23.3 Å². The molecule has 0 saturated carbocycles. The van der Waals surface area contributed by atoms with Gasteiger partial charge in [-0.2, -0.15) is 24.4 Å². The molecule has 148 valence electrons. The third kappa shape index (κ3) is 3.54. The minimum absolute atomic E-state index is 0.296. The van der Waals surface area contributed by atoms with E-state index in [9.17, 15) is 4.79 Å². The van der Waals surface area contributed by atoms with Crippen LogP contribution in [0.3, 0.4) is 0 Å². The van der Waals surface area contributed by atoms with Crippen LogP contribution in [0, 0.1) is 20.8 Å². The largest absolute Gasteiger partial charge is 0.489 e. The maximum Gasteiger partial charge on any atom is 0.368 e. The highest BCUT2D eigenvalue weighted by atomic mass is 16.5. The first-order valence-electron chi connectivity index (χ1n) is 9.14. The van der Waals surface area contributed by atoms with E-state index < -0.39 is 0 Å². The lowest BCUT2D eigenvalue weighted by Crippen LogP contribution is -2.23. The van der Waals surface area contributed by atoms with E-state index in [0.29, 0.717) is 12.3 Å².